The number of hydrogen-bond acceptors (Lipinski definition) is 2. The number of benzene rings is 1. The van der Waals surface area contributed by atoms with Gasteiger partial charge in [-0.2, -0.15) is 5.10 Å². The van der Waals surface area contributed by atoms with Gasteiger partial charge in [-0.3, -0.25) is 5.10 Å². The van der Waals surface area contributed by atoms with Crippen molar-refractivity contribution >= 4 is 12.2 Å². The first-order valence-corrected chi connectivity index (χ1v) is 6.53. The van der Waals surface area contributed by atoms with Crippen LogP contribution < -0.4 is 0 Å². The molecule has 0 bridgehead atoms. The Morgan fingerprint density at radius 3 is 2.89 bits per heavy atom. The van der Waals surface area contributed by atoms with Crippen molar-refractivity contribution in [3.63, 3.8) is 0 Å². The molecule has 1 saturated carbocycles. The minimum atomic E-state index is 0.486. The fraction of sp³-hybridized carbons (Fsp3) is 0.286. The maximum Gasteiger partial charge on any atom is 0.195 e. The molecule has 0 radical (unpaired) electrons. The molecule has 1 aromatic carbocycles. The summed E-state index contributed by atoms with van der Waals surface area (Å²) in [6.07, 6.45) is 3.01. The van der Waals surface area contributed by atoms with E-state index in [4.69, 9.17) is 12.2 Å². The van der Waals surface area contributed by atoms with E-state index in [9.17, 15) is 0 Å². The van der Waals surface area contributed by atoms with E-state index in [1.165, 1.54) is 5.56 Å². The molecule has 92 valence electrons. The highest BCUT2D eigenvalue weighted by atomic mass is 32.1. The van der Waals surface area contributed by atoms with Gasteiger partial charge in [0.15, 0.2) is 4.77 Å². The lowest BCUT2D eigenvalue weighted by atomic mass is 10.1. The van der Waals surface area contributed by atoms with Gasteiger partial charge in [-0.05, 0) is 30.1 Å². The topological polar surface area (TPSA) is 33.6 Å². The van der Waals surface area contributed by atoms with Crippen molar-refractivity contribution in [2.75, 3.05) is 0 Å². The van der Waals surface area contributed by atoms with Crippen molar-refractivity contribution in [2.24, 2.45) is 0 Å². The summed E-state index contributed by atoms with van der Waals surface area (Å²) in [5, 5.41) is 7.25. The number of aromatic nitrogens is 3. The van der Waals surface area contributed by atoms with Crippen LogP contribution in [0.3, 0.4) is 0 Å². The molecule has 0 saturated heterocycles. The second-order valence-electron chi connectivity index (χ2n) is 4.65. The molecule has 1 aliphatic carbocycles. The Bertz CT molecular complexity index is 611. The van der Waals surface area contributed by atoms with Gasteiger partial charge in [-0.25, -0.2) is 0 Å². The molecule has 1 heterocycles. The number of aromatic amines is 1. The van der Waals surface area contributed by atoms with Crippen LogP contribution in [0.25, 0.3) is 0 Å². The van der Waals surface area contributed by atoms with Crippen molar-refractivity contribution in [1.29, 1.82) is 0 Å². The molecule has 0 spiro atoms. The molecule has 3 nitrogen and oxygen atoms in total. The van der Waals surface area contributed by atoms with Crippen molar-refractivity contribution in [1.82, 2.24) is 14.8 Å². The fourth-order valence-electron chi connectivity index (χ4n) is 2.47. The summed E-state index contributed by atoms with van der Waals surface area (Å²) >= 11 is 5.24. The highest BCUT2D eigenvalue weighted by Crippen LogP contribution is 2.53. The zero-order chi connectivity index (χ0) is 12.5. The van der Waals surface area contributed by atoms with Crippen LogP contribution in [0.2, 0.25) is 0 Å². The lowest BCUT2D eigenvalue weighted by molar-refractivity contribution is 0.727. The third kappa shape index (κ3) is 1.93. The minimum Gasteiger partial charge on any atom is -0.300 e. The summed E-state index contributed by atoms with van der Waals surface area (Å²) in [5.74, 6) is 2.13. The van der Waals surface area contributed by atoms with Crippen LogP contribution in [0, 0.1) is 4.77 Å². The molecule has 0 amide bonds. The third-order valence-corrected chi connectivity index (χ3v) is 3.76. The third-order valence-electron chi connectivity index (χ3n) is 3.45. The lowest BCUT2D eigenvalue weighted by Gasteiger charge is -2.03. The smallest absolute Gasteiger partial charge is 0.195 e. The molecule has 1 N–H and O–H groups in total. The Morgan fingerprint density at radius 2 is 2.17 bits per heavy atom. The standard InChI is InChI=1S/C14H15N3S/c1-2-8-17-13(15-16-14(17)18)12-9-11(12)10-6-4-3-5-7-10/h2-7,11-12H,1,8-9H2,(H,16,18)/t11-,12-/m1/s1. The second-order valence-corrected chi connectivity index (χ2v) is 5.03. The van der Waals surface area contributed by atoms with Crippen LogP contribution in [0.4, 0.5) is 0 Å². The highest BCUT2D eigenvalue weighted by Gasteiger charge is 2.42. The van der Waals surface area contributed by atoms with Crippen molar-refractivity contribution in [3.8, 4) is 0 Å². The number of rotatable bonds is 4. The Hall–Kier alpha value is -1.68. The van der Waals surface area contributed by atoms with Gasteiger partial charge >= 0.3 is 0 Å². The van der Waals surface area contributed by atoms with E-state index in [0.29, 0.717) is 16.6 Å². The Labute approximate surface area is 111 Å². The van der Waals surface area contributed by atoms with E-state index in [-0.39, 0.29) is 0 Å². The number of H-pyrrole nitrogens is 1. The maximum absolute atomic E-state index is 5.24. The highest BCUT2D eigenvalue weighted by molar-refractivity contribution is 7.71. The van der Waals surface area contributed by atoms with Crippen LogP contribution in [-0.4, -0.2) is 14.8 Å². The van der Waals surface area contributed by atoms with Crippen LogP contribution in [0.15, 0.2) is 43.0 Å². The number of hydrogen-bond donors (Lipinski definition) is 1. The van der Waals surface area contributed by atoms with Gasteiger partial charge in [-0.1, -0.05) is 36.4 Å². The number of nitrogens with one attached hydrogen (secondary N) is 1. The quantitative estimate of drug-likeness (QED) is 0.673. The largest absolute Gasteiger partial charge is 0.300 e. The van der Waals surface area contributed by atoms with Gasteiger partial charge in [0.25, 0.3) is 0 Å². The van der Waals surface area contributed by atoms with E-state index >= 15 is 0 Å². The van der Waals surface area contributed by atoms with Crippen LogP contribution >= 0.6 is 12.2 Å². The van der Waals surface area contributed by atoms with E-state index in [1.54, 1.807) is 0 Å². The van der Waals surface area contributed by atoms with E-state index in [2.05, 4.69) is 47.1 Å². The molecular weight excluding hydrogens is 242 g/mol. The minimum absolute atomic E-state index is 0.486. The average Bonchev–Trinajstić information content (AvgIpc) is 3.12. The zero-order valence-corrected chi connectivity index (χ0v) is 10.9. The normalized spacial score (nSPS) is 21.8. The average molecular weight is 257 g/mol. The van der Waals surface area contributed by atoms with Gasteiger partial charge in [-0.15, -0.1) is 6.58 Å². The number of allylic oxidation sites excluding steroid dienone is 1. The molecule has 2 atom stereocenters. The summed E-state index contributed by atoms with van der Waals surface area (Å²) in [6.45, 7) is 4.49. The zero-order valence-electron chi connectivity index (χ0n) is 10.0. The van der Waals surface area contributed by atoms with Crippen LogP contribution in [0.5, 0.6) is 0 Å². The monoisotopic (exact) mass is 257 g/mol. The molecule has 18 heavy (non-hydrogen) atoms. The first-order chi connectivity index (χ1) is 8.81. The van der Waals surface area contributed by atoms with Gasteiger partial charge < -0.3 is 4.57 Å². The fourth-order valence-corrected chi connectivity index (χ4v) is 2.68. The number of nitrogens with zero attached hydrogens (tertiary/aromatic N) is 2. The van der Waals surface area contributed by atoms with Crippen molar-refractivity contribution in [3.05, 3.63) is 59.1 Å². The summed E-state index contributed by atoms with van der Waals surface area (Å²) in [6, 6.07) is 10.6. The summed E-state index contributed by atoms with van der Waals surface area (Å²) in [4.78, 5) is 0. The second kappa shape index (κ2) is 4.53. The molecule has 0 aliphatic heterocycles. The van der Waals surface area contributed by atoms with Crippen molar-refractivity contribution < 1.29 is 0 Å². The predicted molar refractivity (Wildman–Crippen MR) is 74.1 cm³/mol. The Balaban J connectivity index is 1.87. The van der Waals surface area contributed by atoms with Gasteiger partial charge in [0.2, 0.25) is 0 Å². The van der Waals surface area contributed by atoms with E-state index < -0.39 is 0 Å². The predicted octanol–water partition coefficient (Wildman–Crippen LogP) is 3.40. The Kier molecular flexibility index (Phi) is 2.88. The van der Waals surface area contributed by atoms with Crippen LogP contribution in [-0.2, 0) is 6.54 Å². The van der Waals surface area contributed by atoms with E-state index in [1.807, 2.05) is 10.6 Å². The first kappa shape index (κ1) is 11.4. The SMILES string of the molecule is C=CCn1c([C@@H]2C[C@@H]2c2ccccc2)n[nH]c1=S. The lowest BCUT2D eigenvalue weighted by Crippen LogP contribution is -2.01. The van der Waals surface area contributed by atoms with Gasteiger partial charge in [0, 0.05) is 12.5 Å². The molecule has 0 unspecified atom stereocenters. The van der Waals surface area contributed by atoms with Crippen molar-refractivity contribution in [2.45, 2.75) is 24.8 Å². The van der Waals surface area contributed by atoms with E-state index in [0.717, 1.165) is 18.8 Å². The molecule has 2 aromatic rings. The summed E-state index contributed by atoms with van der Waals surface area (Å²) in [5.41, 5.74) is 1.39. The first-order valence-electron chi connectivity index (χ1n) is 6.12. The van der Waals surface area contributed by atoms with Crippen LogP contribution in [0.1, 0.15) is 29.6 Å². The van der Waals surface area contributed by atoms with Gasteiger partial charge in [0.1, 0.15) is 5.82 Å². The molecule has 4 heteroatoms. The maximum atomic E-state index is 5.24. The summed E-state index contributed by atoms with van der Waals surface area (Å²) < 4.78 is 2.72. The molecule has 3 rings (SSSR count). The van der Waals surface area contributed by atoms with Gasteiger partial charge in [0.05, 0.1) is 0 Å². The molecule has 1 aromatic heterocycles. The molecule has 1 fully saturated rings. The Morgan fingerprint density at radius 1 is 1.39 bits per heavy atom. The molecular formula is C14H15N3S. The summed E-state index contributed by atoms with van der Waals surface area (Å²) in [7, 11) is 0. The molecule has 1 aliphatic rings.